The van der Waals surface area contributed by atoms with Crippen LogP contribution in [-0.2, 0) is 13.1 Å². The number of carbonyl (C=O) groups is 2. The maximum atomic E-state index is 13.1. The molecule has 3 aromatic rings. The Labute approximate surface area is 202 Å². The van der Waals surface area contributed by atoms with E-state index in [0.29, 0.717) is 27.8 Å². The van der Waals surface area contributed by atoms with E-state index in [1.807, 2.05) is 18.2 Å². The number of benzene rings is 3. The number of nitrogens with zero attached hydrogens (tertiary/aromatic N) is 1. The summed E-state index contributed by atoms with van der Waals surface area (Å²) in [6.45, 7) is 7.41. The summed E-state index contributed by atoms with van der Waals surface area (Å²) in [6.07, 6.45) is 0. The lowest BCUT2D eigenvalue weighted by Crippen LogP contribution is -2.26. The van der Waals surface area contributed by atoms with Crippen LogP contribution < -0.4 is 10.6 Å². The third kappa shape index (κ3) is 6.49. The van der Waals surface area contributed by atoms with Crippen molar-refractivity contribution in [2.24, 2.45) is 0 Å². The van der Waals surface area contributed by atoms with Crippen LogP contribution in [0.25, 0.3) is 0 Å². The fourth-order valence-electron chi connectivity index (χ4n) is 3.44. The quantitative estimate of drug-likeness (QED) is 0.392. The standard InChI is InChI=1S/C26H27BrFN3O2/c1-3-31(4-2)17-20-9-6-5-8-19(20)16-29-26(33)22-10-7-11-23(24(22)27)30-25(32)18-12-14-21(28)15-13-18/h5-15H,3-4,16-17H2,1-2H3,(H,29,33)(H,30,32). The van der Waals surface area contributed by atoms with E-state index >= 15 is 0 Å². The molecule has 0 unspecified atom stereocenters. The molecule has 7 heteroatoms. The smallest absolute Gasteiger partial charge is 0.255 e. The Hall–Kier alpha value is -3.03. The molecule has 3 aromatic carbocycles. The molecule has 0 aliphatic carbocycles. The predicted octanol–water partition coefficient (Wildman–Crippen LogP) is 5.61. The summed E-state index contributed by atoms with van der Waals surface area (Å²) in [6, 6.07) is 18.4. The summed E-state index contributed by atoms with van der Waals surface area (Å²) in [5.74, 6) is -1.05. The van der Waals surface area contributed by atoms with Gasteiger partial charge in [0, 0.05) is 18.7 Å². The average Bonchev–Trinajstić information content (AvgIpc) is 2.83. The maximum absolute atomic E-state index is 13.1. The van der Waals surface area contributed by atoms with E-state index in [2.05, 4.69) is 51.4 Å². The van der Waals surface area contributed by atoms with Gasteiger partial charge in [0.05, 0.1) is 15.7 Å². The van der Waals surface area contributed by atoms with Crippen LogP contribution in [0.2, 0.25) is 0 Å². The van der Waals surface area contributed by atoms with Crippen LogP contribution in [0.15, 0.2) is 71.2 Å². The summed E-state index contributed by atoms with van der Waals surface area (Å²) < 4.78 is 13.6. The zero-order valence-electron chi connectivity index (χ0n) is 18.7. The van der Waals surface area contributed by atoms with Crippen LogP contribution in [0, 0.1) is 5.82 Å². The Bertz CT molecular complexity index is 1110. The fraction of sp³-hybridized carbons (Fsp3) is 0.231. The summed E-state index contributed by atoms with van der Waals surface area (Å²) >= 11 is 3.44. The van der Waals surface area contributed by atoms with Crippen LogP contribution >= 0.6 is 15.9 Å². The molecular weight excluding hydrogens is 485 g/mol. The Kier molecular flexibility index (Phi) is 8.74. The molecule has 0 spiro atoms. The Morgan fingerprint density at radius 1 is 0.879 bits per heavy atom. The van der Waals surface area contributed by atoms with E-state index in [9.17, 15) is 14.0 Å². The fourth-order valence-corrected chi connectivity index (χ4v) is 3.99. The SMILES string of the molecule is CCN(CC)Cc1ccccc1CNC(=O)c1cccc(NC(=O)c2ccc(F)cc2)c1Br. The van der Waals surface area contributed by atoms with Crippen LogP contribution in [-0.4, -0.2) is 29.8 Å². The number of anilines is 1. The third-order valence-electron chi connectivity index (χ3n) is 5.44. The summed E-state index contributed by atoms with van der Waals surface area (Å²) in [7, 11) is 0. The van der Waals surface area contributed by atoms with Crippen molar-refractivity contribution in [2.45, 2.75) is 26.9 Å². The Morgan fingerprint density at radius 2 is 1.55 bits per heavy atom. The number of hydrogen-bond acceptors (Lipinski definition) is 3. The van der Waals surface area contributed by atoms with Crippen LogP contribution in [0.5, 0.6) is 0 Å². The van der Waals surface area contributed by atoms with E-state index in [1.54, 1.807) is 18.2 Å². The van der Waals surface area contributed by atoms with Gasteiger partial charge in [-0.1, -0.05) is 44.2 Å². The van der Waals surface area contributed by atoms with Crippen molar-refractivity contribution in [3.63, 3.8) is 0 Å². The van der Waals surface area contributed by atoms with E-state index in [0.717, 1.165) is 25.2 Å². The molecule has 5 nitrogen and oxygen atoms in total. The second-order valence-electron chi connectivity index (χ2n) is 7.54. The summed E-state index contributed by atoms with van der Waals surface area (Å²) in [5.41, 5.74) is 3.44. The van der Waals surface area contributed by atoms with Gasteiger partial charge in [0.2, 0.25) is 0 Å². The molecule has 0 fully saturated rings. The molecule has 3 rings (SSSR count). The predicted molar refractivity (Wildman–Crippen MR) is 133 cm³/mol. The molecule has 0 saturated carbocycles. The van der Waals surface area contributed by atoms with Crippen LogP contribution in [0.3, 0.4) is 0 Å². The maximum Gasteiger partial charge on any atom is 0.255 e. The highest BCUT2D eigenvalue weighted by atomic mass is 79.9. The van der Waals surface area contributed by atoms with Gasteiger partial charge >= 0.3 is 0 Å². The molecule has 2 amide bonds. The van der Waals surface area contributed by atoms with Crippen LogP contribution in [0.1, 0.15) is 45.7 Å². The van der Waals surface area contributed by atoms with E-state index < -0.39 is 11.7 Å². The number of nitrogens with one attached hydrogen (secondary N) is 2. The zero-order chi connectivity index (χ0) is 23.8. The normalized spacial score (nSPS) is 10.8. The van der Waals surface area contributed by atoms with Gasteiger partial charge in [0.15, 0.2) is 0 Å². The van der Waals surface area contributed by atoms with Gasteiger partial charge < -0.3 is 10.6 Å². The number of rotatable bonds is 9. The van der Waals surface area contributed by atoms with Gasteiger partial charge in [-0.15, -0.1) is 0 Å². The van der Waals surface area contributed by atoms with Gasteiger partial charge in [0.1, 0.15) is 5.82 Å². The topological polar surface area (TPSA) is 61.4 Å². The van der Waals surface area contributed by atoms with Gasteiger partial charge in [-0.2, -0.15) is 0 Å². The van der Waals surface area contributed by atoms with Crippen molar-refractivity contribution in [1.29, 1.82) is 0 Å². The molecular formula is C26H27BrFN3O2. The lowest BCUT2D eigenvalue weighted by atomic mass is 10.1. The number of halogens is 2. The van der Waals surface area contributed by atoms with Crippen molar-refractivity contribution < 1.29 is 14.0 Å². The average molecular weight is 512 g/mol. The highest BCUT2D eigenvalue weighted by Gasteiger charge is 2.16. The molecule has 0 radical (unpaired) electrons. The summed E-state index contributed by atoms with van der Waals surface area (Å²) in [5, 5.41) is 5.75. The van der Waals surface area contributed by atoms with Gasteiger partial charge in [0.25, 0.3) is 11.8 Å². The molecule has 0 aromatic heterocycles. The zero-order valence-corrected chi connectivity index (χ0v) is 20.3. The molecule has 0 bridgehead atoms. The number of hydrogen-bond donors (Lipinski definition) is 2. The molecule has 33 heavy (non-hydrogen) atoms. The van der Waals surface area contributed by atoms with E-state index in [-0.39, 0.29) is 5.91 Å². The molecule has 0 heterocycles. The van der Waals surface area contributed by atoms with Gasteiger partial charge in [-0.25, -0.2) is 4.39 Å². The van der Waals surface area contributed by atoms with Crippen molar-refractivity contribution in [3.8, 4) is 0 Å². The first-order chi connectivity index (χ1) is 15.9. The molecule has 0 atom stereocenters. The lowest BCUT2D eigenvalue weighted by Gasteiger charge is -2.20. The van der Waals surface area contributed by atoms with Crippen molar-refractivity contribution in [2.75, 3.05) is 18.4 Å². The summed E-state index contributed by atoms with van der Waals surface area (Å²) in [4.78, 5) is 27.7. The monoisotopic (exact) mass is 511 g/mol. The van der Waals surface area contributed by atoms with Crippen molar-refractivity contribution in [1.82, 2.24) is 10.2 Å². The minimum atomic E-state index is -0.412. The molecule has 0 aliphatic rings. The third-order valence-corrected chi connectivity index (χ3v) is 6.30. The van der Waals surface area contributed by atoms with Gasteiger partial charge in [-0.05, 0) is 76.5 Å². The Balaban J connectivity index is 1.70. The first kappa shape index (κ1) is 24.6. The molecule has 2 N–H and O–H groups in total. The van der Waals surface area contributed by atoms with Crippen molar-refractivity contribution in [3.05, 3.63) is 99.3 Å². The minimum Gasteiger partial charge on any atom is -0.348 e. The second kappa shape index (κ2) is 11.7. The lowest BCUT2D eigenvalue weighted by molar-refractivity contribution is 0.0948. The minimum absolute atomic E-state index is 0.252. The molecule has 172 valence electrons. The van der Waals surface area contributed by atoms with Crippen LogP contribution in [0.4, 0.5) is 10.1 Å². The molecule has 0 saturated heterocycles. The highest BCUT2D eigenvalue weighted by molar-refractivity contribution is 9.10. The molecule has 0 aliphatic heterocycles. The van der Waals surface area contributed by atoms with Gasteiger partial charge in [-0.3, -0.25) is 14.5 Å². The first-order valence-corrected chi connectivity index (χ1v) is 11.6. The second-order valence-corrected chi connectivity index (χ2v) is 8.33. The number of carbonyl (C=O) groups excluding carboxylic acids is 2. The largest absolute Gasteiger partial charge is 0.348 e. The van der Waals surface area contributed by atoms with Crippen molar-refractivity contribution >= 4 is 33.4 Å². The first-order valence-electron chi connectivity index (χ1n) is 10.9. The van der Waals surface area contributed by atoms with E-state index in [1.165, 1.54) is 29.8 Å². The Morgan fingerprint density at radius 3 is 2.21 bits per heavy atom. The number of amides is 2. The highest BCUT2D eigenvalue weighted by Crippen LogP contribution is 2.27. The van der Waals surface area contributed by atoms with E-state index in [4.69, 9.17) is 0 Å².